The van der Waals surface area contributed by atoms with Gasteiger partial charge in [-0.1, -0.05) is 32.0 Å². The molecule has 12 nitrogen and oxygen atoms in total. The second-order valence-electron chi connectivity index (χ2n) is 12.7. The monoisotopic (exact) mass is 602 g/mol. The number of ketones is 1. The van der Waals surface area contributed by atoms with Gasteiger partial charge in [0.1, 0.15) is 17.8 Å². The minimum absolute atomic E-state index is 0.0571. The average Bonchev–Trinajstić information content (AvgIpc) is 2.93. The first-order chi connectivity index (χ1) is 20.1. The van der Waals surface area contributed by atoms with Gasteiger partial charge in [-0.2, -0.15) is 0 Å². The number of hydrogen-bond acceptors (Lipinski definition) is 12. The fourth-order valence-corrected chi connectivity index (χ4v) is 8.00. The third-order valence-corrected chi connectivity index (χ3v) is 10.2. The van der Waals surface area contributed by atoms with Crippen LogP contribution in [0.2, 0.25) is 0 Å². The summed E-state index contributed by atoms with van der Waals surface area (Å²) >= 11 is 0. The molecule has 4 N–H and O–H groups in total. The van der Waals surface area contributed by atoms with Crippen LogP contribution in [0.15, 0.2) is 41.5 Å². The van der Waals surface area contributed by atoms with Gasteiger partial charge in [-0.3, -0.25) is 14.4 Å². The maximum Gasteiger partial charge on any atom is 0.338 e. The number of ether oxygens (including phenoxy) is 4. The van der Waals surface area contributed by atoms with Gasteiger partial charge in [-0.25, -0.2) is 4.79 Å². The molecule has 1 aromatic rings. The number of fused-ring (bicyclic) bond motifs is 5. The molecule has 234 valence electrons. The van der Waals surface area contributed by atoms with Crippen LogP contribution in [0.4, 0.5) is 0 Å². The van der Waals surface area contributed by atoms with E-state index in [2.05, 4.69) is 0 Å². The zero-order chi connectivity index (χ0) is 31.7. The van der Waals surface area contributed by atoms with Crippen molar-refractivity contribution in [2.75, 3.05) is 13.2 Å². The first-order valence-electron chi connectivity index (χ1n) is 14.3. The number of benzene rings is 1. The molecule has 12 heteroatoms. The predicted octanol–water partition coefficient (Wildman–Crippen LogP) is 0.625. The molecule has 1 aliphatic heterocycles. The van der Waals surface area contributed by atoms with Crippen molar-refractivity contribution in [2.24, 2.45) is 16.7 Å². The lowest BCUT2D eigenvalue weighted by Crippen LogP contribution is -2.83. The highest BCUT2D eigenvalue weighted by Crippen LogP contribution is 2.64. The van der Waals surface area contributed by atoms with Crippen LogP contribution in [0.5, 0.6) is 0 Å². The summed E-state index contributed by atoms with van der Waals surface area (Å²) in [6.07, 6.45) is -8.21. The van der Waals surface area contributed by atoms with Crippen LogP contribution in [0.1, 0.15) is 57.8 Å². The highest BCUT2D eigenvalue weighted by molar-refractivity contribution is 5.96. The Balaban J connectivity index is 1.87. The summed E-state index contributed by atoms with van der Waals surface area (Å²) in [5.41, 5.74) is -7.37. The molecule has 0 radical (unpaired) electrons. The lowest BCUT2D eigenvalue weighted by atomic mass is 9.44. The largest absolute Gasteiger partial charge is 0.455 e. The Bertz CT molecular complexity index is 1370. The van der Waals surface area contributed by atoms with Crippen LogP contribution in [0.25, 0.3) is 0 Å². The summed E-state index contributed by atoms with van der Waals surface area (Å²) in [4.78, 5) is 53.6. The average molecular weight is 603 g/mol. The zero-order valence-electron chi connectivity index (χ0n) is 24.7. The number of carbonyl (C=O) groups excluding carboxylic acids is 4. The summed E-state index contributed by atoms with van der Waals surface area (Å²) in [5, 5.41) is 47.0. The summed E-state index contributed by atoms with van der Waals surface area (Å²) in [6, 6.07) is 7.87. The Morgan fingerprint density at radius 1 is 1.05 bits per heavy atom. The summed E-state index contributed by atoms with van der Waals surface area (Å²) in [7, 11) is 0. The topological polar surface area (TPSA) is 186 Å². The quantitative estimate of drug-likeness (QED) is 0.210. The number of rotatable bonds is 5. The fourth-order valence-electron chi connectivity index (χ4n) is 8.00. The SMILES string of the molecule is CC(=O)O[C@H]1C(=O)[C@@]2(CO)[C@H]([C@H](OC(=O)c3ccccc3)[C@]3(O)C[C@H](O)C(C)=C1C3(C)C)[C@]1(OC(C)=O)CO[C@@H]1C[C@@H]2O. The second-order valence-corrected chi connectivity index (χ2v) is 12.7. The standard InChI is InChI=1S/C31H38O12/c1-15-19(35)12-31(39)26(42-27(38)18-9-7-6-8-10-18)24-29(13-32,20(36)11-21-30(24,14-40-21)43-17(3)34)25(37)23(41-16(2)33)22(15)28(31,4)5/h6-10,19-21,23-24,26,32,35-36,39H,11-14H2,1-5H3/t19-,20-,21+,23+,24-,26-,29+,30-,31+/m0/s1. The molecule has 43 heavy (non-hydrogen) atoms. The zero-order valence-corrected chi connectivity index (χ0v) is 24.7. The van der Waals surface area contributed by atoms with Gasteiger partial charge in [-0.05, 0) is 30.2 Å². The minimum atomic E-state index is -2.28. The first-order valence-corrected chi connectivity index (χ1v) is 14.3. The van der Waals surface area contributed by atoms with E-state index in [1.165, 1.54) is 19.1 Å². The molecule has 5 rings (SSSR count). The molecule has 0 spiro atoms. The smallest absolute Gasteiger partial charge is 0.338 e. The molecule has 3 aliphatic carbocycles. The Morgan fingerprint density at radius 2 is 1.70 bits per heavy atom. The molecule has 0 aromatic heterocycles. The molecule has 1 aromatic carbocycles. The highest BCUT2D eigenvalue weighted by Gasteiger charge is 2.79. The number of Topliss-reactive ketones (excluding diaryl/α,β-unsaturated/α-hetero) is 1. The number of carbonyl (C=O) groups is 4. The van der Waals surface area contributed by atoms with Gasteiger partial charge in [0.15, 0.2) is 17.5 Å². The van der Waals surface area contributed by atoms with Gasteiger partial charge in [0, 0.05) is 32.1 Å². The van der Waals surface area contributed by atoms with Gasteiger partial charge < -0.3 is 39.4 Å². The highest BCUT2D eigenvalue weighted by atomic mass is 16.6. The Hall–Kier alpha value is -3.16. The lowest BCUT2D eigenvalue weighted by Gasteiger charge is -2.67. The van der Waals surface area contributed by atoms with Crippen LogP contribution in [0.3, 0.4) is 0 Å². The van der Waals surface area contributed by atoms with E-state index in [4.69, 9.17) is 18.9 Å². The van der Waals surface area contributed by atoms with Gasteiger partial charge in [0.25, 0.3) is 0 Å². The molecule has 9 atom stereocenters. The van der Waals surface area contributed by atoms with E-state index >= 15 is 0 Å². The van der Waals surface area contributed by atoms with Crippen molar-refractivity contribution in [1.82, 2.24) is 0 Å². The van der Waals surface area contributed by atoms with Crippen molar-refractivity contribution in [1.29, 1.82) is 0 Å². The molecule has 1 saturated heterocycles. The fraction of sp³-hybridized carbons (Fsp3) is 0.613. The van der Waals surface area contributed by atoms with E-state index in [0.29, 0.717) is 0 Å². The van der Waals surface area contributed by atoms with E-state index in [9.17, 15) is 39.6 Å². The lowest BCUT2D eigenvalue weighted by molar-refractivity contribution is -0.350. The van der Waals surface area contributed by atoms with Crippen molar-refractivity contribution in [3.63, 3.8) is 0 Å². The van der Waals surface area contributed by atoms with Gasteiger partial charge in [0.05, 0.1) is 42.3 Å². The number of aliphatic hydroxyl groups excluding tert-OH is 3. The van der Waals surface area contributed by atoms with Crippen LogP contribution in [-0.2, 0) is 33.3 Å². The molecule has 4 aliphatic rings. The summed E-state index contributed by atoms with van der Waals surface area (Å²) in [5.74, 6) is -5.09. The third kappa shape index (κ3) is 4.29. The first kappa shape index (κ1) is 31.3. The van der Waals surface area contributed by atoms with Crippen LogP contribution >= 0.6 is 0 Å². The van der Waals surface area contributed by atoms with E-state index < -0.39 is 95.2 Å². The van der Waals surface area contributed by atoms with Crippen molar-refractivity contribution < 1.29 is 58.6 Å². The number of hydrogen-bond donors (Lipinski definition) is 4. The Kier molecular flexibility index (Phi) is 7.62. The van der Waals surface area contributed by atoms with E-state index in [0.717, 1.165) is 13.8 Å². The van der Waals surface area contributed by atoms with Crippen LogP contribution in [-0.4, -0.2) is 99.1 Å². The summed E-state index contributed by atoms with van der Waals surface area (Å²) in [6.45, 7) is 5.56. The van der Waals surface area contributed by atoms with Crippen molar-refractivity contribution >= 4 is 23.7 Å². The molecule has 1 heterocycles. The molecule has 0 amide bonds. The van der Waals surface area contributed by atoms with E-state index in [1.54, 1.807) is 32.0 Å². The molecule has 3 fully saturated rings. The number of esters is 3. The second kappa shape index (κ2) is 10.5. The Labute approximate surface area is 248 Å². The Morgan fingerprint density at radius 3 is 2.23 bits per heavy atom. The van der Waals surface area contributed by atoms with Crippen LogP contribution in [0, 0.1) is 16.7 Å². The van der Waals surface area contributed by atoms with E-state index in [1.807, 2.05) is 0 Å². The maximum atomic E-state index is 14.9. The number of aliphatic hydroxyl groups is 4. The minimum Gasteiger partial charge on any atom is -0.455 e. The van der Waals surface area contributed by atoms with Gasteiger partial charge >= 0.3 is 17.9 Å². The van der Waals surface area contributed by atoms with Crippen molar-refractivity contribution in [2.45, 2.75) is 89.2 Å². The normalized spacial score (nSPS) is 39.7. The molecular formula is C31H38O12. The van der Waals surface area contributed by atoms with E-state index in [-0.39, 0.29) is 29.7 Å². The third-order valence-electron chi connectivity index (χ3n) is 10.2. The molecule has 2 saturated carbocycles. The molecule has 2 bridgehead atoms. The van der Waals surface area contributed by atoms with Gasteiger partial charge in [-0.15, -0.1) is 0 Å². The van der Waals surface area contributed by atoms with Gasteiger partial charge in [0.2, 0.25) is 0 Å². The summed E-state index contributed by atoms with van der Waals surface area (Å²) < 4.78 is 23.3. The predicted molar refractivity (Wildman–Crippen MR) is 146 cm³/mol. The molecule has 0 unspecified atom stereocenters. The van der Waals surface area contributed by atoms with Crippen molar-refractivity contribution in [3.8, 4) is 0 Å². The van der Waals surface area contributed by atoms with Crippen LogP contribution < -0.4 is 0 Å². The van der Waals surface area contributed by atoms with Crippen molar-refractivity contribution in [3.05, 3.63) is 47.0 Å². The maximum absolute atomic E-state index is 14.9. The molecular weight excluding hydrogens is 564 g/mol.